The zero-order valence-corrected chi connectivity index (χ0v) is 89.8. The van der Waals surface area contributed by atoms with Gasteiger partial charge < -0.3 is 18.3 Å². The van der Waals surface area contributed by atoms with Gasteiger partial charge in [-0.05, 0) is 62.5 Å². The standard InChI is InChI=1S/C120H210N8O8/c1-9-17-25-33-41-49-57-65-73-81-93-121-101-107(113(129)125(117(121)133)97-85-77-69-61-53-45-37-29-21-13-5)111(108-102-122(94-82-74-66-58-50-42-34-26-18-10-2)118(134)126(114(108)130)98-86-78-70-62-54-46-38-30-22-14-6)105-89-91-106(92-90-105)112(109-103-123(95-83-75-67-59-51-43-35-27-19-11-3)119(135)127(115(109)131)99-87-79-71-63-55-47-39-31-23-15-7)110-104-124(96-84-76-68-60-52-44-36-28-20-12-4)120(136)128(116(110)132)100-88-80-72-64-56-48-40-32-24-16-8/h89-92,101-104,111-112H,9-88,93-100H2,1-8H3. The highest BCUT2D eigenvalue weighted by Gasteiger charge is 2.32. The highest BCUT2D eigenvalue weighted by molar-refractivity contribution is 5.46. The van der Waals surface area contributed by atoms with Gasteiger partial charge in [0.25, 0.3) is 22.2 Å². The Morgan fingerprint density at radius 3 is 0.390 bits per heavy atom. The highest BCUT2D eigenvalue weighted by atomic mass is 16.2. The minimum absolute atomic E-state index is 0.227. The molecule has 4 heterocycles. The predicted octanol–water partition coefficient (Wildman–Crippen LogP) is 32.7. The monoisotopic (exact) mass is 1890 g/mol. The van der Waals surface area contributed by atoms with Crippen molar-refractivity contribution in [2.45, 2.75) is 633 Å². The van der Waals surface area contributed by atoms with Gasteiger partial charge in [-0.1, -0.05) is 542 Å². The molecule has 0 aliphatic heterocycles. The summed E-state index contributed by atoms with van der Waals surface area (Å²) < 4.78 is 12.9. The van der Waals surface area contributed by atoms with Crippen LogP contribution in [0.4, 0.5) is 0 Å². The van der Waals surface area contributed by atoms with Crippen LogP contribution in [0.2, 0.25) is 0 Å². The molecule has 0 fully saturated rings. The number of hydrogen-bond acceptors (Lipinski definition) is 8. The average molecular weight is 1890 g/mol. The van der Waals surface area contributed by atoms with Crippen molar-refractivity contribution in [2.75, 3.05) is 0 Å². The summed E-state index contributed by atoms with van der Waals surface area (Å²) in [5.41, 5.74) is -0.810. The van der Waals surface area contributed by atoms with E-state index in [0.717, 1.165) is 205 Å². The van der Waals surface area contributed by atoms with Crippen molar-refractivity contribution in [1.82, 2.24) is 36.5 Å². The molecule has 0 saturated heterocycles. The molecule has 0 N–H and O–H groups in total. The van der Waals surface area contributed by atoms with E-state index in [1.165, 1.54) is 301 Å². The SMILES string of the molecule is CCCCCCCCCCCCn1cc(C(c2ccc(C(c3cn(CCCCCCCCCCCC)c(=O)n(CCCCCCCCCCCC)c3=O)c3cn(CCCCCCCCCCCC)c(=O)n(CCCCCCCCCCCC)c3=O)cc2)c2cn(CCCCCCCCCCCC)c(=O)n(CCCCCCCCCCCC)c2=O)c(=O)n(CCCCCCCCCCCC)c1=O. The molecule has 0 atom stereocenters. The molecule has 5 aromatic rings. The summed E-state index contributed by atoms with van der Waals surface area (Å²) in [5.74, 6) is -2.15. The van der Waals surface area contributed by atoms with Crippen LogP contribution in [-0.2, 0) is 52.4 Å². The molecule has 4 aromatic heterocycles. The molecule has 778 valence electrons. The highest BCUT2D eigenvalue weighted by Crippen LogP contribution is 2.34. The fourth-order valence-electron chi connectivity index (χ4n) is 21.0. The number of rotatable bonds is 94. The first-order chi connectivity index (χ1) is 66.8. The quantitative estimate of drug-likeness (QED) is 0.0345. The van der Waals surface area contributed by atoms with Gasteiger partial charge in [0.1, 0.15) is 0 Å². The minimum Gasteiger partial charge on any atom is -0.300 e. The zero-order chi connectivity index (χ0) is 97.7. The lowest BCUT2D eigenvalue weighted by atomic mass is 9.83. The summed E-state index contributed by atoms with van der Waals surface area (Å²) in [7, 11) is 0. The van der Waals surface area contributed by atoms with Crippen LogP contribution in [0, 0.1) is 0 Å². The van der Waals surface area contributed by atoms with E-state index in [4.69, 9.17) is 0 Å². The van der Waals surface area contributed by atoms with Crippen LogP contribution >= 0.6 is 0 Å². The van der Waals surface area contributed by atoms with Gasteiger partial charge in [0.05, 0.1) is 0 Å². The van der Waals surface area contributed by atoms with Crippen molar-refractivity contribution in [1.29, 1.82) is 0 Å². The summed E-state index contributed by atoms with van der Waals surface area (Å²) in [6.45, 7) is 20.5. The van der Waals surface area contributed by atoms with E-state index in [9.17, 15) is 0 Å². The first kappa shape index (κ1) is 120. The second kappa shape index (κ2) is 80.5. The van der Waals surface area contributed by atoms with Crippen LogP contribution in [0.15, 0.2) is 87.4 Å². The molecular weight excluding hydrogens is 1680 g/mol. The van der Waals surface area contributed by atoms with Gasteiger partial charge in [0, 0.05) is 111 Å². The van der Waals surface area contributed by atoms with E-state index in [0.29, 0.717) is 63.0 Å². The molecule has 0 aliphatic rings. The van der Waals surface area contributed by atoms with Gasteiger partial charge >= 0.3 is 22.8 Å². The fourth-order valence-corrected chi connectivity index (χ4v) is 21.0. The maximum Gasteiger partial charge on any atom is 0.330 e. The number of nitrogens with zero attached hydrogens (tertiary/aromatic N) is 8. The third kappa shape index (κ3) is 49.6. The first-order valence-corrected chi connectivity index (χ1v) is 59.2. The van der Waals surface area contributed by atoms with Crippen molar-refractivity contribution in [3.63, 3.8) is 0 Å². The molecule has 16 heteroatoms. The topological polar surface area (TPSA) is 176 Å². The molecule has 0 amide bonds. The van der Waals surface area contributed by atoms with Crippen LogP contribution in [0.5, 0.6) is 0 Å². The number of aryl methyl sites for hydroxylation is 4. The smallest absolute Gasteiger partial charge is 0.300 e. The van der Waals surface area contributed by atoms with Gasteiger partial charge in [-0.2, -0.15) is 0 Å². The molecule has 0 unspecified atom stereocenters. The van der Waals surface area contributed by atoms with Gasteiger partial charge in [0.2, 0.25) is 0 Å². The molecule has 0 radical (unpaired) electrons. The van der Waals surface area contributed by atoms with E-state index < -0.39 is 34.1 Å². The summed E-state index contributed by atoms with van der Waals surface area (Å²) in [5, 5.41) is 0. The van der Waals surface area contributed by atoms with Crippen LogP contribution in [0.3, 0.4) is 0 Å². The predicted molar refractivity (Wildman–Crippen MR) is 583 cm³/mol. The van der Waals surface area contributed by atoms with Gasteiger partial charge in [-0.3, -0.25) is 37.4 Å². The van der Waals surface area contributed by atoms with E-state index in [1.807, 2.05) is 24.3 Å². The van der Waals surface area contributed by atoms with Crippen molar-refractivity contribution >= 4 is 0 Å². The minimum atomic E-state index is -1.08. The van der Waals surface area contributed by atoms with Crippen molar-refractivity contribution in [2.24, 2.45) is 0 Å². The zero-order valence-electron chi connectivity index (χ0n) is 89.8. The average Bonchev–Trinajstić information content (AvgIpc) is 0.750. The summed E-state index contributed by atoms with van der Waals surface area (Å²) >= 11 is 0. The number of hydrogen-bond donors (Lipinski definition) is 0. The van der Waals surface area contributed by atoms with E-state index >= 15 is 38.4 Å². The van der Waals surface area contributed by atoms with Crippen LogP contribution in [0.25, 0.3) is 0 Å². The maximum atomic E-state index is 16.4. The molecule has 0 bridgehead atoms. The Balaban J connectivity index is 1.89. The van der Waals surface area contributed by atoms with Crippen LogP contribution in [0.1, 0.15) is 614 Å². The van der Waals surface area contributed by atoms with Crippen LogP contribution in [-0.4, -0.2) is 36.5 Å². The lowest BCUT2D eigenvalue weighted by Gasteiger charge is -2.24. The van der Waals surface area contributed by atoms with Gasteiger partial charge in [-0.15, -0.1) is 0 Å². The maximum absolute atomic E-state index is 16.4. The van der Waals surface area contributed by atoms with Gasteiger partial charge in [0.15, 0.2) is 0 Å². The third-order valence-corrected chi connectivity index (χ3v) is 29.9. The summed E-state index contributed by atoms with van der Waals surface area (Å²) in [4.78, 5) is 128. The Morgan fingerprint density at radius 2 is 0.265 bits per heavy atom. The largest absolute Gasteiger partial charge is 0.330 e. The second-order valence-corrected chi connectivity index (χ2v) is 42.1. The van der Waals surface area contributed by atoms with E-state index in [-0.39, 0.29) is 71.2 Å². The van der Waals surface area contributed by atoms with Crippen molar-refractivity contribution in [3.05, 3.63) is 166 Å². The van der Waals surface area contributed by atoms with Crippen molar-refractivity contribution < 1.29 is 0 Å². The molecule has 5 rings (SSSR count). The van der Waals surface area contributed by atoms with Crippen LogP contribution < -0.4 is 45.0 Å². The Kier molecular flexibility index (Phi) is 71.3. The molecule has 16 nitrogen and oxygen atoms in total. The Bertz CT molecular complexity index is 3760. The summed E-state index contributed by atoms with van der Waals surface area (Å²) in [6.07, 6.45) is 96.0. The fraction of sp³-hybridized carbons (Fsp3) is 0.817. The second-order valence-electron chi connectivity index (χ2n) is 42.1. The lowest BCUT2D eigenvalue weighted by molar-refractivity contribution is 0.474. The third-order valence-electron chi connectivity index (χ3n) is 29.9. The Labute approximate surface area is 830 Å². The molecule has 136 heavy (non-hydrogen) atoms. The molecule has 1 aromatic carbocycles. The van der Waals surface area contributed by atoms with E-state index in [2.05, 4.69) is 55.4 Å². The summed E-state index contributed by atoms with van der Waals surface area (Å²) in [6, 6.07) is 7.85. The Hall–Kier alpha value is -6.06. The normalized spacial score (nSPS) is 11.8. The number of benzene rings is 1. The van der Waals surface area contributed by atoms with Gasteiger partial charge in [-0.25, -0.2) is 19.2 Å². The molecule has 0 saturated carbocycles. The molecular formula is C120H210N8O8. The number of unbranched alkanes of at least 4 members (excludes halogenated alkanes) is 72. The van der Waals surface area contributed by atoms with E-state index in [1.54, 1.807) is 43.1 Å². The Morgan fingerprint density at radius 1 is 0.154 bits per heavy atom. The number of aromatic nitrogens is 8. The first-order valence-electron chi connectivity index (χ1n) is 59.2. The lowest BCUT2D eigenvalue weighted by Crippen LogP contribution is -2.45. The van der Waals surface area contributed by atoms with Crippen molar-refractivity contribution in [3.8, 4) is 0 Å². The molecule has 0 aliphatic carbocycles. The molecule has 0 spiro atoms.